The van der Waals surface area contributed by atoms with E-state index in [4.69, 9.17) is 16.3 Å². The number of nitrogens with one attached hydrogen (secondary N) is 1. The zero-order valence-corrected chi connectivity index (χ0v) is 12.2. The lowest BCUT2D eigenvalue weighted by Gasteiger charge is -2.16. The molecule has 1 heterocycles. The molecule has 2 aromatic rings. The van der Waals surface area contributed by atoms with Gasteiger partial charge in [-0.3, -0.25) is 0 Å². The van der Waals surface area contributed by atoms with Crippen molar-refractivity contribution in [2.75, 3.05) is 12.4 Å². The Morgan fingerprint density at radius 1 is 1.33 bits per heavy atom. The van der Waals surface area contributed by atoms with E-state index in [1.54, 1.807) is 18.4 Å². The Morgan fingerprint density at radius 3 is 2.72 bits per heavy atom. The maximum atomic E-state index is 6.01. The number of ether oxygens (including phenoxy) is 1. The quantitative estimate of drug-likeness (QED) is 0.861. The molecular formula is C14H16ClNOS. The minimum atomic E-state index is 0.274. The first-order chi connectivity index (χ1) is 8.61. The largest absolute Gasteiger partial charge is 0.495 e. The van der Waals surface area contributed by atoms with E-state index < -0.39 is 0 Å². The van der Waals surface area contributed by atoms with Crippen LogP contribution in [-0.2, 0) is 0 Å². The number of rotatable bonds is 4. The van der Waals surface area contributed by atoms with Crippen molar-refractivity contribution in [3.8, 4) is 5.75 Å². The lowest BCUT2D eigenvalue weighted by atomic mass is 10.2. The van der Waals surface area contributed by atoms with E-state index in [0.717, 1.165) is 5.69 Å². The van der Waals surface area contributed by atoms with Crippen LogP contribution in [0.15, 0.2) is 29.6 Å². The van der Waals surface area contributed by atoms with Crippen LogP contribution in [0, 0.1) is 6.92 Å². The number of thiophene rings is 1. The standard InChI is InChI=1S/C14H16ClNOS/c1-9-6-7-18-14(9)10(2)16-11-4-5-12(15)13(8-11)17-3/h4-8,10,16H,1-3H3. The number of hydrogen-bond acceptors (Lipinski definition) is 3. The highest BCUT2D eigenvalue weighted by atomic mass is 35.5. The van der Waals surface area contributed by atoms with Gasteiger partial charge in [0.25, 0.3) is 0 Å². The molecule has 1 N–H and O–H groups in total. The van der Waals surface area contributed by atoms with E-state index in [-0.39, 0.29) is 6.04 Å². The summed E-state index contributed by atoms with van der Waals surface area (Å²) in [6.07, 6.45) is 0. The highest BCUT2D eigenvalue weighted by Gasteiger charge is 2.10. The first kappa shape index (κ1) is 13.2. The van der Waals surface area contributed by atoms with Crippen molar-refractivity contribution in [3.63, 3.8) is 0 Å². The van der Waals surface area contributed by atoms with Crippen LogP contribution in [0.1, 0.15) is 23.4 Å². The smallest absolute Gasteiger partial charge is 0.139 e. The van der Waals surface area contributed by atoms with Crippen LogP contribution >= 0.6 is 22.9 Å². The third-order valence-corrected chi connectivity index (χ3v) is 4.34. The summed E-state index contributed by atoms with van der Waals surface area (Å²) in [6, 6.07) is 8.14. The molecule has 18 heavy (non-hydrogen) atoms. The minimum absolute atomic E-state index is 0.274. The molecule has 96 valence electrons. The van der Waals surface area contributed by atoms with Crippen LogP contribution in [0.25, 0.3) is 0 Å². The summed E-state index contributed by atoms with van der Waals surface area (Å²) >= 11 is 7.78. The minimum Gasteiger partial charge on any atom is -0.495 e. The summed E-state index contributed by atoms with van der Waals surface area (Å²) in [5.74, 6) is 0.691. The molecule has 1 aromatic heterocycles. The monoisotopic (exact) mass is 281 g/mol. The normalized spacial score (nSPS) is 12.2. The maximum Gasteiger partial charge on any atom is 0.139 e. The number of aryl methyl sites for hydroxylation is 1. The Balaban J connectivity index is 2.17. The van der Waals surface area contributed by atoms with Crippen molar-refractivity contribution in [1.29, 1.82) is 0 Å². The third-order valence-electron chi connectivity index (χ3n) is 2.83. The van der Waals surface area contributed by atoms with Gasteiger partial charge in [0.15, 0.2) is 0 Å². The number of hydrogen-bond donors (Lipinski definition) is 1. The van der Waals surface area contributed by atoms with E-state index in [1.165, 1.54) is 10.4 Å². The van der Waals surface area contributed by atoms with Gasteiger partial charge in [-0.1, -0.05) is 11.6 Å². The molecule has 0 spiro atoms. The predicted octanol–water partition coefficient (Wildman–Crippen LogP) is 4.89. The molecule has 1 aromatic carbocycles. The molecule has 0 saturated heterocycles. The fourth-order valence-electron chi connectivity index (χ4n) is 1.89. The molecule has 0 saturated carbocycles. The zero-order chi connectivity index (χ0) is 13.1. The number of anilines is 1. The predicted molar refractivity (Wildman–Crippen MR) is 79.1 cm³/mol. The molecule has 0 aliphatic carbocycles. The number of methoxy groups -OCH3 is 1. The van der Waals surface area contributed by atoms with E-state index in [9.17, 15) is 0 Å². The van der Waals surface area contributed by atoms with Gasteiger partial charge in [-0.2, -0.15) is 0 Å². The average Bonchev–Trinajstić information content (AvgIpc) is 2.78. The van der Waals surface area contributed by atoms with Gasteiger partial charge in [-0.15, -0.1) is 11.3 Å². The molecule has 4 heteroatoms. The summed E-state index contributed by atoms with van der Waals surface area (Å²) in [5, 5.41) is 6.20. The third kappa shape index (κ3) is 2.79. The Labute approximate surface area is 117 Å². The summed E-state index contributed by atoms with van der Waals surface area (Å²) in [7, 11) is 1.62. The Bertz CT molecular complexity index is 538. The fourth-order valence-corrected chi connectivity index (χ4v) is 3.02. The summed E-state index contributed by atoms with van der Waals surface area (Å²) in [6.45, 7) is 4.28. The van der Waals surface area contributed by atoms with Crippen LogP contribution in [0.2, 0.25) is 5.02 Å². The highest BCUT2D eigenvalue weighted by Crippen LogP contribution is 2.31. The second-order valence-corrected chi connectivity index (χ2v) is 5.54. The van der Waals surface area contributed by atoms with E-state index >= 15 is 0 Å². The molecule has 2 nitrogen and oxygen atoms in total. The van der Waals surface area contributed by atoms with Crippen LogP contribution in [0.5, 0.6) is 5.75 Å². The molecule has 1 unspecified atom stereocenters. The molecule has 0 radical (unpaired) electrons. The van der Waals surface area contributed by atoms with Crippen molar-refractivity contribution >= 4 is 28.6 Å². The number of halogens is 1. The van der Waals surface area contributed by atoms with Crippen LogP contribution in [-0.4, -0.2) is 7.11 Å². The van der Waals surface area contributed by atoms with Crippen molar-refractivity contribution in [3.05, 3.63) is 45.1 Å². The van der Waals surface area contributed by atoms with Gasteiger partial charge in [0.1, 0.15) is 5.75 Å². The lowest BCUT2D eigenvalue weighted by molar-refractivity contribution is 0.415. The van der Waals surface area contributed by atoms with Gasteiger partial charge < -0.3 is 10.1 Å². The molecule has 2 rings (SSSR count). The maximum absolute atomic E-state index is 6.01. The molecule has 0 aliphatic heterocycles. The second kappa shape index (κ2) is 5.63. The van der Waals surface area contributed by atoms with Gasteiger partial charge >= 0.3 is 0 Å². The van der Waals surface area contributed by atoms with E-state index in [1.807, 2.05) is 18.2 Å². The van der Waals surface area contributed by atoms with Crippen LogP contribution < -0.4 is 10.1 Å². The second-order valence-electron chi connectivity index (χ2n) is 4.18. The van der Waals surface area contributed by atoms with E-state index in [2.05, 4.69) is 30.6 Å². The van der Waals surface area contributed by atoms with Crippen molar-refractivity contribution in [2.24, 2.45) is 0 Å². The Kier molecular flexibility index (Phi) is 4.15. The molecule has 1 atom stereocenters. The van der Waals surface area contributed by atoms with Crippen LogP contribution in [0.3, 0.4) is 0 Å². The molecule has 0 aliphatic rings. The fraction of sp³-hybridized carbons (Fsp3) is 0.286. The van der Waals surface area contributed by atoms with Crippen LogP contribution in [0.4, 0.5) is 5.69 Å². The summed E-state index contributed by atoms with van der Waals surface area (Å²) in [4.78, 5) is 1.35. The lowest BCUT2D eigenvalue weighted by Crippen LogP contribution is -2.06. The van der Waals surface area contributed by atoms with Gasteiger partial charge in [0.2, 0.25) is 0 Å². The molecule has 0 bridgehead atoms. The Morgan fingerprint density at radius 2 is 2.11 bits per heavy atom. The van der Waals surface area contributed by atoms with Gasteiger partial charge in [-0.25, -0.2) is 0 Å². The molecule has 0 fully saturated rings. The van der Waals surface area contributed by atoms with Gasteiger partial charge in [-0.05, 0) is 43.0 Å². The zero-order valence-electron chi connectivity index (χ0n) is 10.7. The molecule has 0 amide bonds. The van der Waals surface area contributed by atoms with Gasteiger partial charge in [0, 0.05) is 16.6 Å². The summed E-state index contributed by atoms with van der Waals surface area (Å²) < 4.78 is 5.21. The SMILES string of the molecule is COc1cc(NC(C)c2sccc2C)ccc1Cl. The van der Waals surface area contributed by atoms with Crippen molar-refractivity contribution in [2.45, 2.75) is 19.9 Å². The Hall–Kier alpha value is -1.19. The van der Waals surface area contributed by atoms with Crippen molar-refractivity contribution in [1.82, 2.24) is 0 Å². The van der Waals surface area contributed by atoms with Crippen molar-refractivity contribution < 1.29 is 4.74 Å². The average molecular weight is 282 g/mol. The first-order valence-corrected chi connectivity index (χ1v) is 7.01. The molecular weight excluding hydrogens is 266 g/mol. The first-order valence-electron chi connectivity index (χ1n) is 5.76. The topological polar surface area (TPSA) is 21.3 Å². The highest BCUT2D eigenvalue weighted by molar-refractivity contribution is 7.10. The summed E-state index contributed by atoms with van der Waals surface area (Å²) in [5.41, 5.74) is 2.33. The number of benzene rings is 1. The van der Waals surface area contributed by atoms with Gasteiger partial charge in [0.05, 0.1) is 18.2 Å². The van der Waals surface area contributed by atoms with E-state index in [0.29, 0.717) is 10.8 Å².